The molecule has 0 spiro atoms. The summed E-state index contributed by atoms with van der Waals surface area (Å²) in [7, 11) is 1.83. The van der Waals surface area contributed by atoms with Crippen molar-refractivity contribution in [3.05, 3.63) is 64.5 Å². The van der Waals surface area contributed by atoms with Crippen LogP contribution in [0.2, 0.25) is 0 Å². The fraction of sp³-hybridized carbons (Fsp3) is 0.594. The SMILES string of the molecule is CC1CC(N(C)[C@@H](C)c2cc(F)ccc2C(F)(F)F)CC1C1CCc2ccc(C(C3CC3)[C@H](C)C(=O)O)cc2O1. The number of benzene rings is 2. The van der Waals surface area contributed by atoms with Crippen LogP contribution >= 0.6 is 0 Å². The second-order valence-electron chi connectivity index (χ2n) is 12.4. The van der Waals surface area contributed by atoms with Crippen LogP contribution in [-0.2, 0) is 17.4 Å². The second-order valence-corrected chi connectivity index (χ2v) is 12.4. The number of fused-ring (bicyclic) bond motifs is 1. The summed E-state index contributed by atoms with van der Waals surface area (Å²) in [5.74, 6) is -0.153. The Bertz CT molecular complexity index is 1240. The molecule has 0 aromatic heterocycles. The smallest absolute Gasteiger partial charge is 0.416 e. The Balaban J connectivity index is 1.31. The van der Waals surface area contributed by atoms with Crippen molar-refractivity contribution < 1.29 is 32.2 Å². The van der Waals surface area contributed by atoms with Gasteiger partial charge in [-0.1, -0.05) is 26.0 Å². The zero-order chi connectivity index (χ0) is 28.9. The molecule has 2 fully saturated rings. The van der Waals surface area contributed by atoms with E-state index in [1.807, 2.05) is 11.9 Å². The Labute approximate surface area is 233 Å². The van der Waals surface area contributed by atoms with Crippen LogP contribution in [0, 0.1) is 29.5 Å². The molecule has 1 N–H and O–H groups in total. The first-order chi connectivity index (χ1) is 18.8. The van der Waals surface area contributed by atoms with Gasteiger partial charge >= 0.3 is 12.1 Å². The van der Waals surface area contributed by atoms with Crippen LogP contribution in [0.1, 0.15) is 87.1 Å². The molecule has 2 aliphatic carbocycles. The Morgan fingerprint density at radius 3 is 2.45 bits per heavy atom. The van der Waals surface area contributed by atoms with Crippen molar-refractivity contribution in [1.29, 1.82) is 0 Å². The molecule has 5 unspecified atom stereocenters. The third kappa shape index (κ3) is 5.74. The van der Waals surface area contributed by atoms with E-state index in [9.17, 15) is 27.5 Å². The van der Waals surface area contributed by atoms with Gasteiger partial charge in [0.1, 0.15) is 17.7 Å². The maximum Gasteiger partial charge on any atom is 0.416 e. The maximum absolute atomic E-state index is 14.0. The fourth-order valence-electron chi connectivity index (χ4n) is 7.26. The highest BCUT2D eigenvalue weighted by atomic mass is 19.4. The van der Waals surface area contributed by atoms with Crippen molar-refractivity contribution in [2.75, 3.05) is 7.05 Å². The topological polar surface area (TPSA) is 49.8 Å². The number of aliphatic carboxylic acids is 1. The number of carboxylic acid groups (broad SMARTS) is 1. The molecule has 5 rings (SSSR count). The molecule has 2 aromatic rings. The minimum absolute atomic E-state index is 0.0114. The lowest BCUT2D eigenvalue weighted by Gasteiger charge is -2.34. The molecular formula is C32H39F4NO3. The molecule has 0 bridgehead atoms. The predicted octanol–water partition coefficient (Wildman–Crippen LogP) is 7.86. The lowest BCUT2D eigenvalue weighted by molar-refractivity contribution is -0.142. The maximum atomic E-state index is 14.0. The average molecular weight is 562 g/mol. The molecule has 3 aliphatic rings. The van der Waals surface area contributed by atoms with E-state index < -0.39 is 35.5 Å². The van der Waals surface area contributed by atoms with E-state index in [1.165, 1.54) is 0 Å². The number of carbonyl (C=O) groups is 1. The van der Waals surface area contributed by atoms with Crippen LogP contribution in [0.4, 0.5) is 17.6 Å². The number of carboxylic acids is 1. The number of aryl methyl sites for hydroxylation is 1. The molecular weight excluding hydrogens is 522 g/mol. The van der Waals surface area contributed by atoms with Gasteiger partial charge in [0.25, 0.3) is 0 Å². The Hall–Kier alpha value is -2.61. The molecule has 7 atom stereocenters. The van der Waals surface area contributed by atoms with Gasteiger partial charge in [-0.15, -0.1) is 0 Å². The summed E-state index contributed by atoms with van der Waals surface area (Å²) in [6.07, 6.45) is 0.906. The third-order valence-electron chi connectivity index (χ3n) is 9.86. The van der Waals surface area contributed by atoms with Gasteiger partial charge in [0.05, 0.1) is 11.5 Å². The molecule has 0 saturated heterocycles. The monoisotopic (exact) mass is 561 g/mol. The van der Waals surface area contributed by atoms with Gasteiger partial charge in [-0.3, -0.25) is 9.69 Å². The highest BCUT2D eigenvalue weighted by Crippen LogP contribution is 2.49. The van der Waals surface area contributed by atoms with Gasteiger partial charge in [0, 0.05) is 12.1 Å². The number of halogens is 4. The first-order valence-corrected chi connectivity index (χ1v) is 14.5. The normalized spacial score (nSPS) is 27.1. The van der Waals surface area contributed by atoms with Crippen LogP contribution in [0.25, 0.3) is 0 Å². The van der Waals surface area contributed by atoms with Crippen molar-refractivity contribution in [3.8, 4) is 5.75 Å². The van der Waals surface area contributed by atoms with Gasteiger partial charge in [-0.05, 0) is 117 Å². The molecule has 1 heterocycles. The van der Waals surface area contributed by atoms with E-state index in [1.54, 1.807) is 13.8 Å². The molecule has 0 radical (unpaired) electrons. The van der Waals surface area contributed by atoms with Crippen LogP contribution in [-0.4, -0.2) is 35.2 Å². The van der Waals surface area contributed by atoms with Gasteiger partial charge in [0.15, 0.2) is 0 Å². The quantitative estimate of drug-likeness (QED) is 0.334. The number of hydrogen-bond acceptors (Lipinski definition) is 3. The van der Waals surface area contributed by atoms with Crippen molar-refractivity contribution in [3.63, 3.8) is 0 Å². The predicted molar refractivity (Wildman–Crippen MR) is 145 cm³/mol. The Kier molecular flexibility index (Phi) is 7.94. The molecule has 2 aromatic carbocycles. The molecule has 40 heavy (non-hydrogen) atoms. The zero-order valence-electron chi connectivity index (χ0n) is 23.5. The highest BCUT2D eigenvalue weighted by molar-refractivity contribution is 5.71. The summed E-state index contributed by atoms with van der Waals surface area (Å²) in [6, 6.07) is 8.36. The summed E-state index contributed by atoms with van der Waals surface area (Å²) in [4.78, 5) is 13.8. The summed E-state index contributed by atoms with van der Waals surface area (Å²) in [5, 5.41) is 9.68. The van der Waals surface area contributed by atoms with E-state index in [4.69, 9.17) is 4.74 Å². The largest absolute Gasteiger partial charge is 0.490 e. The van der Waals surface area contributed by atoms with Crippen molar-refractivity contribution in [1.82, 2.24) is 4.90 Å². The summed E-state index contributed by atoms with van der Waals surface area (Å²) >= 11 is 0. The standard InChI is InChI=1S/C32H39F4NO3/c1-17-13-24(37(4)19(3)26-15-23(33)10-11-27(26)32(34,35)36)16-25(17)28-12-9-20-5-8-22(14-29(20)40-28)30(21-6-7-21)18(2)31(38)39/h5,8,10-11,14-15,17-19,21,24-25,28,30H,6-7,9,12-13,16H2,1-4H3,(H,38,39)/t17?,18-,19-,24?,25?,28?,30?/m0/s1. The van der Waals surface area contributed by atoms with Crippen molar-refractivity contribution in [2.45, 2.75) is 89.6 Å². The van der Waals surface area contributed by atoms with E-state index in [-0.39, 0.29) is 29.5 Å². The summed E-state index contributed by atoms with van der Waals surface area (Å²) in [5.41, 5.74) is 1.33. The minimum Gasteiger partial charge on any atom is -0.490 e. The first kappa shape index (κ1) is 28.9. The first-order valence-electron chi connectivity index (χ1n) is 14.5. The average Bonchev–Trinajstić information content (AvgIpc) is 3.66. The highest BCUT2D eigenvalue weighted by Gasteiger charge is 2.43. The van der Waals surface area contributed by atoms with Gasteiger partial charge in [-0.25, -0.2) is 4.39 Å². The zero-order valence-corrected chi connectivity index (χ0v) is 23.5. The van der Waals surface area contributed by atoms with Gasteiger partial charge in [0.2, 0.25) is 0 Å². The lowest BCUT2D eigenvalue weighted by atomic mass is 9.82. The molecule has 218 valence electrons. The second kappa shape index (κ2) is 11.0. The van der Waals surface area contributed by atoms with Crippen molar-refractivity contribution >= 4 is 5.97 Å². The van der Waals surface area contributed by atoms with E-state index >= 15 is 0 Å². The van der Waals surface area contributed by atoms with Crippen molar-refractivity contribution in [2.24, 2.45) is 23.7 Å². The third-order valence-corrected chi connectivity index (χ3v) is 9.86. The Morgan fingerprint density at radius 1 is 1.07 bits per heavy atom. The molecule has 1 aliphatic heterocycles. The summed E-state index contributed by atoms with van der Waals surface area (Å²) in [6.45, 7) is 5.68. The van der Waals surface area contributed by atoms with Crippen LogP contribution in [0.15, 0.2) is 36.4 Å². The molecule has 8 heteroatoms. The van der Waals surface area contributed by atoms with E-state index in [0.29, 0.717) is 11.8 Å². The minimum atomic E-state index is -4.55. The van der Waals surface area contributed by atoms with Crippen LogP contribution in [0.5, 0.6) is 5.75 Å². The van der Waals surface area contributed by atoms with E-state index in [2.05, 4.69) is 25.1 Å². The number of nitrogens with zero attached hydrogens (tertiary/aromatic N) is 1. The number of hydrogen-bond donors (Lipinski definition) is 1. The van der Waals surface area contributed by atoms with Gasteiger partial charge in [-0.2, -0.15) is 13.2 Å². The number of ether oxygens (including phenoxy) is 1. The molecule has 4 nitrogen and oxygen atoms in total. The fourth-order valence-corrected chi connectivity index (χ4v) is 7.26. The number of alkyl halides is 3. The van der Waals surface area contributed by atoms with Crippen LogP contribution < -0.4 is 4.74 Å². The molecule has 0 amide bonds. The summed E-state index contributed by atoms with van der Waals surface area (Å²) < 4.78 is 61.7. The lowest BCUT2D eigenvalue weighted by Crippen LogP contribution is -2.35. The number of rotatable bonds is 8. The van der Waals surface area contributed by atoms with E-state index in [0.717, 1.165) is 73.6 Å². The molecule has 2 saturated carbocycles. The van der Waals surface area contributed by atoms with Crippen LogP contribution in [0.3, 0.4) is 0 Å². The van der Waals surface area contributed by atoms with Gasteiger partial charge < -0.3 is 9.84 Å². The Morgan fingerprint density at radius 2 is 1.80 bits per heavy atom.